The molecule has 4 rings (SSSR count). The molecule has 1 amide bonds. The molecule has 0 aromatic heterocycles. The maximum absolute atomic E-state index is 11.4. The number of carbonyl (C=O) groups excluding carboxylic acids is 1. The average molecular weight is 469 g/mol. The molecule has 4 atom stereocenters. The zero-order chi connectivity index (χ0) is 22.3. The summed E-state index contributed by atoms with van der Waals surface area (Å²) in [4.78, 5) is 17.8. The Kier molecular flexibility index (Phi) is 6.21. The Labute approximate surface area is 189 Å². The molecule has 1 aromatic rings. The van der Waals surface area contributed by atoms with E-state index in [0.29, 0.717) is 34.8 Å². The number of primary amides is 1. The van der Waals surface area contributed by atoms with E-state index < -0.39 is 17.7 Å². The lowest BCUT2D eigenvalue weighted by atomic mass is 9.88. The highest BCUT2D eigenvalue weighted by atomic mass is 33.1. The zero-order valence-corrected chi connectivity index (χ0v) is 19.4. The van der Waals surface area contributed by atoms with Crippen molar-refractivity contribution < 1.29 is 24.5 Å². The van der Waals surface area contributed by atoms with Crippen LogP contribution < -0.4 is 16.0 Å². The van der Waals surface area contributed by atoms with E-state index >= 15 is 0 Å². The molecule has 0 bridgehead atoms. The minimum absolute atomic E-state index is 0.00979. The van der Waals surface area contributed by atoms with Crippen LogP contribution in [0.5, 0.6) is 11.5 Å². The van der Waals surface area contributed by atoms with Gasteiger partial charge in [0.15, 0.2) is 5.72 Å². The van der Waals surface area contributed by atoms with Gasteiger partial charge in [-0.2, -0.15) is 0 Å². The van der Waals surface area contributed by atoms with Crippen molar-refractivity contribution in [1.29, 1.82) is 0 Å². The molecule has 1 aromatic carbocycles. The Bertz CT molecular complexity index is 914. The molecule has 31 heavy (non-hydrogen) atoms. The first kappa shape index (κ1) is 22.4. The second-order valence-electron chi connectivity index (χ2n) is 7.85. The maximum Gasteiger partial charge on any atom is 0.404 e. The van der Waals surface area contributed by atoms with Gasteiger partial charge in [0.25, 0.3) is 0 Å². The highest BCUT2D eigenvalue weighted by molar-refractivity contribution is 8.76. The number of aliphatic imine (C=N–C) groups is 1. The van der Waals surface area contributed by atoms with Gasteiger partial charge in [0.05, 0.1) is 17.6 Å². The fourth-order valence-corrected chi connectivity index (χ4v) is 6.66. The fourth-order valence-electron chi connectivity index (χ4n) is 4.82. The topological polar surface area (TPSA) is 140 Å². The largest absolute Gasteiger partial charge is 0.505 e. The number of nitrogens with two attached hydrogens (primary N) is 1. The molecule has 0 spiro atoms. The Morgan fingerprint density at radius 2 is 2.19 bits per heavy atom. The summed E-state index contributed by atoms with van der Waals surface area (Å²) in [6.45, 7) is 4.39. The van der Waals surface area contributed by atoms with E-state index in [0.717, 1.165) is 12.2 Å². The number of nitrogens with one attached hydrogen (secondary N) is 1. The minimum Gasteiger partial charge on any atom is -0.505 e. The molecule has 3 aliphatic rings. The Hall–Kier alpha value is -1.82. The summed E-state index contributed by atoms with van der Waals surface area (Å²) in [5.74, 6) is 1.22. The van der Waals surface area contributed by atoms with Crippen LogP contribution in [0.3, 0.4) is 0 Å². The van der Waals surface area contributed by atoms with Crippen LogP contribution in [0.2, 0.25) is 0 Å². The minimum atomic E-state index is -0.903. The number of phenolic OH excluding ortho intramolecular Hbond substituents is 2. The molecule has 9 nitrogen and oxygen atoms in total. The first-order valence-electron chi connectivity index (χ1n) is 10.2. The molecule has 3 unspecified atom stereocenters. The van der Waals surface area contributed by atoms with E-state index in [1.54, 1.807) is 41.8 Å². The third-order valence-electron chi connectivity index (χ3n) is 6.17. The lowest BCUT2D eigenvalue weighted by Crippen LogP contribution is -2.54. The van der Waals surface area contributed by atoms with Crippen molar-refractivity contribution in [2.45, 2.75) is 44.0 Å². The molecule has 0 saturated carbocycles. The van der Waals surface area contributed by atoms with Gasteiger partial charge in [0.1, 0.15) is 23.8 Å². The normalized spacial score (nSPS) is 28.0. The SMILES string of the molecule is CCCSSCC=Nc1c(C)c(O)c2c(c1O)C(COC(N)=O)[C@@]1(OC)C3NC3CN21. The molecular formula is C20H28N4O5S2. The summed E-state index contributed by atoms with van der Waals surface area (Å²) >= 11 is 0. The van der Waals surface area contributed by atoms with Crippen LogP contribution in [0.25, 0.3) is 0 Å². The number of nitrogens with zero attached hydrogens (tertiary/aromatic N) is 2. The molecular weight excluding hydrogens is 440 g/mol. The van der Waals surface area contributed by atoms with Gasteiger partial charge in [0, 0.05) is 48.5 Å². The predicted molar refractivity (Wildman–Crippen MR) is 124 cm³/mol. The Balaban J connectivity index is 1.73. The summed E-state index contributed by atoms with van der Waals surface area (Å²) in [7, 11) is 5.05. The quantitative estimate of drug-likeness (QED) is 0.141. The van der Waals surface area contributed by atoms with Crippen LogP contribution in [-0.4, -0.2) is 72.1 Å². The highest BCUT2D eigenvalue weighted by Gasteiger charge is 2.71. The molecule has 11 heteroatoms. The van der Waals surface area contributed by atoms with Crippen LogP contribution in [0.4, 0.5) is 16.2 Å². The number of aromatic hydroxyl groups is 2. The van der Waals surface area contributed by atoms with Gasteiger partial charge < -0.3 is 35.6 Å². The predicted octanol–water partition coefficient (Wildman–Crippen LogP) is 2.60. The standard InChI is InChI=1S/C20H28N4O5S2/c1-4-6-30-31-7-5-22-14-10(2)16(25)15-13(17(14)26)11(9-29-19(21)27)20(28-3)18-12(23-18)8-24(15)20/h5,11-12,18,23,25-26H,4,6-9H2,1-3H3,(H2,21,27)/t11?,12?,18?,20-/m1/s1. The fraction of sp³-hybridized carbons (Fsp3) is 0.600. The number of rotatable bonds is 9. The number of phenols is 2. The lowest BCUT2D eigenvalue weighted by Gasteiger charge is -2.38. The summed E-state index contributed by atoms with van der Waals surface area (Å²) < 4.78 is 11.1. The summed E-state index contributed by atoms with van der Waals surface area (Å²) in [6.07, 6.45) is 1.94. The van der Waals surface area contributed by atoms with Crippen LogP contribution in [-0.2, 0) is 9.47 Å². The van der Waals surface area contributed by atoms with Gasteiger partial charge in [-0.25, -0.2) is 4.79 Å². The van der Waals surface area contributed by atoms with Gasteiger partial charge in [-0.15, -0.1) is 0 Å². The van der Waals surface area contributed by atoms with E-state index in [-0.39, 0.29) is 30.2 Å². The number of hydrogen-bond donors (Lipinski definition) is 4. The number of amides is 1. The number of fused-ring (bicyclic) bond motifs is 5. The highest BCUT2D eigenvalue weighted by Crippen LogP contribution is 2.64. The van der Waals surface area contributed by atoms with Gasteiger partial charge in [0.2, 0.25) is 0 Å². The molecule has 170 valence electrons. The van der Waals surface area contributed by atoms with Crippen molar-refractivity contribution in [2.24, 2.45) is 10.7 Å². The van der Waals surface area contributed by atoms with Gasteiger partial charge in [-0.1, -0.05) is 28.5 Å². The van der Waals surface area contributed by atoms with Crippen molar-refractivity contribution in [1.82, 2.24) is 5.32 Å². The van der Waals surface area contributed by atoms with Crippen LogP contribution >= 0.6 is 21.6 Å². The molecule has 0 aliphatic carbocycles. The Morgan fingerprint density at radius 3 is 2.87 bits per heavy atom. The first-order valence-corrected chi connectivity index (χ1v) is 12.7. The monoisotopic (exact) mass is 468 g/mol. The number of benzene rings is 1. The molecule has 0 radical (unpaired) electrons. The maximum atomic E-state index is 11.4. The van der Waals surface area contributed by atoms with Gasteiger partial charge in [-0.3, -0.25) is 4.99 Å². The Morgan fingerprint density at radius 1 is 1.42 bits per heavy atom. The van der Waals surface area contributed by atoms with E-state index in [1.807, 2.05) is 4.90 Å². The van der Waals surface area contributed by atoms with Gasteiger partial charge in [-0.05, 0) is 13.3 Å². The van der Waals surface area contributed by atoms with E-state index in [9.17, 15) is 15.0 Å². The van der Waals surface area contributed by atoms with Crippen molar-refractivity contribution in [3.8, 4) is 11.5 Å². The van der Waals surface area contributed by atoms with Crippen LogP contribution in [0, 0.1) is 6.92 Å². The summed E-state index contributed by atoms with van der Waals surface area (Å²) in [5.41, 5.74) is 6.12. The first-order chi connectivity index (χ1) is 14.9. The van der Waals surface area contributed by atoms with Crippen LogP contribution in [0.15, 0.2) is 4.99 Å². The van der Waals surface area contributed by atoms with Gasteiger partial charge >= 0.3 is 6.09 Å². The van der Waals surface area contributed by atoms with Crippen molar-refractivity contribution in [3.63, 3.8) is 0 Å². The number of carbonyl (C=O) groups is 1. The smallest absolute Gasteiger partial charge is 0.404 e. The van der Waals surface area contributed by atoms with Crippen molar-refractivity contribution in [2.75, 3.05) is 36.7 Å². The third kappa shape index (κ3) is 3.51. The third-order valence-corrected chi connectivity index (χ3v) is 8.61. The average Bonchev–Trinajstić information content (AvgIpc) is 3.35. The van der Waals surface area contributed by atoms with E-state index in [4.69, 9.17) is 15.2 Å². The molecule has 5 N–H and O–H groups in total. The van der Waals surface area contributed by atoms with Crippen molar-refractivity contribution in [3.05, 3.63) is 11.1 Å². The molecule has 2 saturated heterocycles. The molecule has 2 fully saturated rings. The number of methoxy groups -OCH3 is 1. The molecule has 3 aliphatic heterocycles. The second kappa shape index (κ2) is 8.61. The summed E-state index contributed by atoms with van der Waals surface area (Å²) in [5, 5.41) is 25.7. The number of ether oxygens (including phenoxy) is 2. The zero-order valence-electron chi connectivity index (χ0n) is 17.8. The number of anilines is 1. The van der Waals surface area contributed by atoms with E-state index in [1.165, 1.54) is 0 Å². The van der Waals surface area contributed by atoms with E-state index in [2.05, 4.69) is 17.2 Å². The van der Waals surface area contributed by atoms with Crippen molar-refractivity contribution >= 4 is 45.3 Å². The number of piperazine rings is 1. The van der Waals surface area contributed by atoms with Crippen LogP contribution in [0.1, 0.15) is 30.4 Å². The summed E-state index contributed by atoms with van der Waals surface area (Å²) in [6, 6.07) is 0.200. The number of hydrogen-bond acceptors (Lipinski definition) is 10. The lowest BCUT2D eigenvalue weighted by molar-refractivity contribution is -0.0337. The second-order valence-corrected chi connectivity index (χ2v) is 10.5. The molecule has 3 heterocycles.